The van der Waals surface area contributed by atoms with Gasteiger partial charge in [-0.2, -0.15) is 0 Å². The topological polar surface area (TPSA) is 43.8 Å². The van der Waals surface area contributed by atoms with Crippen LogP contribution in [0.5, 0.6) is 0 Å². The van der Waals surface area contributed by atoms with Gasteiger partial charge in [0.2, 0.25) is 5.91 Å². The molecule has 22 heavy (non-hydrogen) atoms. The lowest BCUT2D eigenvalue weighted by atomic mass is 10.1. The minimum absolute atomic E-state index is 0.0763. The van der Waals surface area contributed by atoms with Gasteiger partial charge in [-0.3, -0.25) is 4.79 Å². The van der Waals surface area contributed by atoms with Crippen molar-refractivity contribution in [3.8, 4) is 0 Å². The largest absolute Gasteiger partial charge is 0.391 e. The van der Waals surface area contributed by atoms with Crippen LogP contribution in [0.15, 0.2) is 18.2 Å². The number of carbonyl (C=O) groups is 1. The molecule has 1 atom stereocenters. The van der Waals surface area contributed by atoms with Crippen molar-refractivity contribution >= 4 is 11.6 Å². The van der Waals surface area contributed by atoms with Crippen molar-refractivity contribution in [1.29, 1.82) is 0 Å². The Labute approximate surface area is 131 Å². The Hall–Kier alpha value is -1.62. The minimum atomic E-state index is -0.431. The number of anilines is 1. The number of benzene rings is 1. The third-order valence-electron chi connectivity index (χ3n) is 4.13. The Morgan fingerprint density at radius 2 is 2.09 bits per heavy atom. The number of aliphatic hydroxyl groups is 1. The van der Waals surface area contributed by atoms with Crippen LogP contribution < -0.4 is 4.90 Å². The zero-order chi connectivity index (χ0) is 16.1. The zero-order valence-electron chi connectivity index (χ0n) is 13.4. The standard InChI is InChI=1S/C17H25FN2O2/c1-3-5-15(21)12-20-9-8-17(22)19(4-2)11-13-10-14(18)6-7-16(13)20/h6-7,10,15,21H,3-5,8-9,11-12H2,1-2H3. The predicted octanol–water partition coefficient (Wildman–Crippen LogP) is 2.55. The van der Waals surface area contributed by atoms with E-state index in [2.05, 4.69) is 0 Å². The highest BCUT2D eigenvalue weighted by Crippen LogP contribution is 2.26. The monoisotopic (exact) mass is 308 g/mol. The van der Waals surface area contributed by atoms with Gasteiger partial charge in [0.1, 0.15) is 5.82 Å². The van der Waals surface area contributed by atoms with Crippen molar-refractivity contribution in [2.75, 3.05) is 24.5 Å². The van der Waals surface area contributed by atoms with Gasteiger partial charge in [0.15, 0.2) is 0 Å². The maximum absolute atomic E-state index is 13.6. The molecule has 0 fully saturated rings. The molecule has 4 nitrogen and oxygen atoms in total. The fraction of sp³-hybridized carbons (Fsp3) is 0.588. The third kappa shape index (κ3) is 3.97. The third-order valence-corrected chi connectivity index (χ3v) is 4.13. The van der Waals surface area contributed by atoms with Crippen molar-refractivity contribution in [1.82, 2.24) is 4.90 Å². The van der Waals surface area contributed by atoms with Crippen molar-refractivity contribution in [2.24, 2.45) is 0 Å². The average molecular weight is 308 g/mol. The van der Waals surface area contributed by atoms with Crippen LogP contribution in [-0.4, -0.2) is 41.7 Å². The first-order valence-electron chi connectivity index (χ1n) is 8.04. The van der Waals surface area contributed by atoms with E-state index in [1.54, 1.807) is 11.0 Å². The lowest BCUT2D eigenvalue weighted by Crippen LogP contribution is -2.40. The summed E-state index contributed by atoms with van der Waals surface area (Å²) in [7, 11) is 0. The molecule has 1 N–H and O–H groups in total. The van der Waals surface area contributed by atoms with Gasteiger partial charge in [-0.25, -0.2) is 4.39 Å². The van der Waals surface area contributed by atoms with Crippen LogP contribution in [0.1, 0.15) is 38.7 Å². The summed E-state index contributed by atoms with van der Waals surface area (Å²) in [5.41, 5.74) is 1.72. The number of fused-ring (bicyclic) bond motifs is 1. The van der Waals surface area contributed by atoms with Crippen molar-refractivity contribution in [3.05, 3.63) is 29.6 Å². The molecule has 1 heterocycles. The van der Waals surface area contributed by atoms with E-state index < -0.39 is 6.10 Å². The second-order valence-electron chi connectivity index (χ2n) is 5.82. The molecule has 0 saturated carbocycles. The van der Waals surface area contributed by atoms with Gasteiger partial charge in [0, 0.05) is 38.3 Å². The Kier molecular flexibility index (Phi) is 5.77. The van der Waals surface area contributed by atoms with E-state index in [-0.39, 0.29) is 11.7 Å². The van der Waals surface area contributed by atoms with Gasteiger partial charge >= 0.3 is 0 Å². The Morgan fingerprint density at radius 1 is 1.32 bits per heavy atom. The molecule has 0 saturated heterocycles. The second-order valence-corrected chi connectivity index (χ2v) is 5.82. The van der Waals surface area contributed by atoms with Crippen LogP contribution in [0.25, 0.3) is 0 Å². The molecule has 1 unspecified atom stereocenters. The summed E-state index contributed by atoms with van der Waals surface area (Å²) >= 11 is 0. The van der Waals surface area contributed by atoms with E-state index in [1.807, 2.05) is 18.7 Å². The van der Waals surface area contributed by atoms with E-state index in [9.17, 15) is 14.3 Å². The highest BCUT2D eigenvalue weighted by atomic mass is 19.1. The second kappa shape index (κ2) is 7.58. The normalized spacial score (nSPS) is 17.0. The fourth-order valence-electron chi connectivity index (χ4n) is 2.95. The molecule has 5 heteroatoms. The number of β-amino-alcohol motifs (C(OH)–C–C–N with tert-alkyl or cyclic N) is 1. The fourth-order valence-corrected chi connectivity index (χ4v) is 2.95. The number of carbonyl (C=O) groups excluding carboxylic acids is 1. The molecule has 1 aliphatic rings. The van der Waals surface area contributed by atoms with Gasteiger partial charge in [-0.05, 0) is 37.1 Å². The molecule has 1 amide bonds. The van der Waals surface area contributed by atoms with Gasteiger partial charge in [-0.15, -0.1) is 0 Å². The van der Waals surface area contributed by atoms with E-state index in [1.165, 1.54) is 12.1 Å². The van der Waals surface area contributed by atoms with E-state index in [4.69, 9.17) is 0 Å². The summed E-state index contributed by atoms with van der Waals surface area (Å²) in [5.74, 6) is -0.218. The number of amides is 1. The quantitative estimate of drug-likeness (QED) is 0.909. The van der Waals surface area contributed by atoms with Gasteiger partial charge in [0.25, 0.3) is 0 Å². The molecule has 1 aliphatic heterocycles. The van der Waals surface area contributed by atoms with E-state index in [0.717, 1.165) is 24.1 Å². The molecular weight excluding hydrogens is 283 g/mol. The smallest absolute Gasteiger partial charge is 0.224 e. The van der Waals surface area contributed by atoms with E-state index >= 15 is 0 Å². The van der Waals surface area contributed by atoms with Gasteiger partial charge < -0.3 is 14.9 Å². The number of nitrogens with zero attached hydrogens (tertiary/aromatic N) is 2. The summed E-state index contributed by atoms with van der Waals surface area (Å²) in [5, 5.41) is 10.1. The van der Waals surface area contributed by atoms with Crippen LogP contribution in [0.4, 0.5) is 10.1 Å². The molecule has 2 rings (SSSR count). The SMILES string of the molecule is CCCC(O)CN1CCC(=O)N(CC)Cc2cc(F)ccc21. The van der Waals surface area contributed by atoms with Crippen LogP contribution in [0.2, 0.25) is 0 Å². The molecule has 1 aromatic rings. The lowest BCUT2D eigenvalue weighted by molar-refractivity contribution is -0.131. The minimum Gasteiger partial charge on any atom is -0.391 e. The molecular formula is C17H25FN2O2. The first-order valence-corrected chi connectivity index (χ1v) is 8.04. The first-order chi connectivity index (χ1) is 10.5. The average Bonchev–Trinajstić information content (AvgIpc) is 2.48. The predicted molar refractivity (Wildman–Crippen MR) is 85.2 cm³/mol. The van der Waals surface area contributed by atoms with E-state index in [0.29, 0.717) is 32.6 Å². The van der Waals surface area contributed by atoms with Gasteiger partial charge in [0.05, 0.1) is 6.10 Å². The van der Waals surface area contributed by atoms with Crippen LogP contribution in [-0.2, 0) is 11.3 Å². The Morgan fingerprint density at radius 3 is 2.77 bits per heavy atom. The summed E-state index contributed by atoms with van der Waals surface area (Å²) < 4.78 is 13.6. The summed E-state index contributed by atoms with van der Waals surface area (Å²) in [6.45, 7) is 6.03. The van der Waals surface area contributed by atoms with Crippen LogP contribution in [0.3, 0.4) is 0 Å². The maximum Gasteiger partial charge on any atom is 0.224 e. The summed E-state index contributed by atoms with van der Waals surface area (Å²) in [4.78, 5) is 16.0. The molecule has 0 aromatic heterocycles. The zero-order valence-corrected chi connectivity index (χ0v) is 13.4. The first kappa shape index (κ1) is 16.7. The maximum atomic E-state index is 13.6. The number of hydrogen-bond donors (Lipinski definition) is 1. The molecule has 122 valence electrons. The number of hydrogen-bond acceptors (Lipinski definition) is 3. The Bertz CT molecular complexity index is 521. The van der Waals surface area contributed by atoms with Gasteiger partial charge in [-0.1, -0.05) is 13.3 Å². The molecule has 0 spiro atoms. The number of aliphatic hydroxyl groups excluding tert-OH is 1. The van der Waals surface area contributed by atoms with Crippen LogP contribution in [0, 0.1) is 5.82 Å². The molecule has 0 bridgehead atoms. The molecule has 1 aromatic carbocycles. The Balaban J connectivity index is 2.30. The van der Waals surface area contributed by atoms with Crippen molar-refractivity contribution in [2.45, 2.75) is 45.8 Å². The van der Waals surface area contributed by atoms with Crippen molar-refractivity contribution < 1.29 is 14.3 Å². The van der Waals surface area contributed by atoms with Crippen LogP contribution >= 0.6 is 0 Å². The lowest BCUT2D eigenvalue weighted by Gasteiger charge is -2.34. The summed E-state index contributed by atoms with van der Waals surface area (Å²) in [6, 6.07) is 4.69. The van der Waals surface area contributed by atoms with Crippen molar-refractivity contribution in [3.63, 3.8) is 0 Å². The molecule has 0 aliphatic carbocycles. The highest BCUT2D eigenvalue weighted by Gasteiger charge is 2.23. The highest BCUT2D eigenvalue weighted by molar-refractivity contribution is 5.78. The number of rotatable bonds is 5. The summed E-state index contributed by atoms with van der Waals surface area (Å²) in [6.07, 6.45) is 1.62. The molecule has 0 radical (unpaired) electrons. The number of halogens is 1.